The number of urea groups is 1. The summed E-state index contributed by atoms with van der Waals surface area (Å²) in [6, 6.07) is -0.0773. The van der Waals surface area contributed by atoms with Gasteiger partial charge in [0, 0.05) is 45.9 Å². The van der Waals surface area contributed by atoms with Gasteiger partial charge in [0.1, 0.15) is 0 Å². The summed E-state index contributed by atoms with van der Waals surface area (Å²) in [5.41, 5.74) is 0. The van der Waals surface area contributed by atoms with E-state index in [0.29, 0.717) is 45.9 Å². The summed E-state index contributed by atoms with van der Waals surface area (Å²) in [5, 5.41) is 11.5. The molecular formula is C12H23N3O4. The van der Waals surface area contributed by atoms with E-state index in [0.717, 1.165) is 6.42 Å². The van der Waals surface area contributed by atoms with Gasteiger partial charge in [-0.1, -0.05) is 0 Å². The van der Waals surface area contributed by atoms with E-state index >= 15 is 0 Å². The van der Waals surface area contributed by atoms with E-state index in [9.17, 15) is 9.59 Å². The highest BCUT2D eigenvalue weighted by atomic mass is 16.5. The lowest BCUT2D eigenvalue weighted by Crippen LogP contribution is -2.52. The van der Waals surface area contributed by atoms with Gasteiger partial charge >= 0.3 is 12.0 Å². The van der Waals surface area contributed by atoms with Crippen molar-refractivity contribution in [2.24, 2.45) is 0 Å². The van der Waals surface area contributed by atoms with Crippen molar-refractivity contribution in [1.82, 2.24) is 15.1 Å². The van der Waals surface area contributed by atoms with Crippen LogP contribution in [0.15, 0.2) is 0 Å². The Bertz CT molecular complexity index is 291. The van der Waals surface area contributed by atoms with Crippen molar-refractivity contribution in [1.29, 1.82) is 0 Å². The quantitative estimate of drug-likeness (QED) is 0.629. The molecule has 1 aliphatic rings. The lowest BCUT2D eigenvalue weighted by Gasteiger charge is -2.33. The third-order valence-electron chi connectivity index (χ3n) is 2.96. The van der Waals surface area contributed by atoms with Crippen molar-refractivity contribution in [2.75, 3.05) is 52.5 Å². The molecule has 0 unspecified atom stereocenters. The minimum Gasteiger partial charge on any atom is -0.480 e. The Kier molecular flexibility index (Phi) is 7.20. The van der Waals surface area contributed by atoms with Crippen LogP contribution in [0.4, 0.5) is 4.79 Å². The highest BCUT2D eigenvalue weighted by Gasteiger charge is 2.21. The van der Waals surface area contributed by atoms with E-state index in [1.807, 2.05) is 11.8 Å². The molecule has 0 radical (unpaired) electrons. The molecule has 0 aromatic rings. The Morgan fingerprint density at radius 1 is 1.26 bits per heavy atom. The fourth-order valence-electron chi connectivity index (χ4n) is 1.93. The topological polar surface area (TPSA) is 82.1 Å². The van der Waals surface area contributed by atoms with Gasteiger partial charge < -0.3 is 20.1 Å². The summed E-state index contributed by atoms with van der Waals surface area (Å²) in [4.78, 5) is 25.9. The molecule has 2 N–H and O–H groups in total. The van der Waals surface area contributed by atoms with E-state index in [4.69, 9.17) is 9.84 Å². The minimum atomic E-state index is -0.825. The van der Waals surface area contributed by atoms with Gasteiger partial charge in [-0.3, -0.25) is 9.69 Å². The summed E-state index contributed by atoms with van der Waals surface area (Å²) < 4.78 is 5.18. The Morgan fingerprint density at radius 2 is 1.95 bits per heavy atom. The van der Waals surface area contributed by atoms with E-state index in [-0.39, 0.29) is 12.6 Å². The van der Waals surface area contributed by atoms with Gasteiger partial charge in [0.25, 0.3) is 0 Å². The van der Waals surface area contributed by atoms with Crippen LogP contribution in [0.2, 0.25) is 0 Å². The number of hydrogen-bond donors (Lipinski definition) is 2. The van der Waals surface area contributed by atoms with Crippen molar-refractivity contribution in [3.63, 3.8) is 0 Å². The average Bonchev–Trinajstić information content (AvgIpc) is 2.38. The summed E-state index contributed by atoms with van der Waals surface area (Å²) in [7, 11) is 0. The van der Waals surface area contributed by atoms with E-state index in [1.165, 1.54) is 0 Å². The number of carbonyl (C=O) groups is 2. The van der Waals surface area contributed by atoms with Gasteiger partial charge in [0.05, 0.1) is 6.54 Å². The molecule has 0 aromatic heterocycles. The Morgan fingerprint density at radius 3 is 2.53 bits per heavy atom. The molecule has 0 spiro atoms. The Labute approximate surface area is 113 Å². The van der Waals surface area contributed by atoms with Crippen molar-refractivity contribution in [3.8, 4) is 0 Å². The predicted molar refractivity (Wildman–Crippen MR) is 70.2 cm³/mol. The van der Waals surface area contributed by atoms with Crippen molar-refractivity contribution in [2.45, 2.75) is 13.3 Å². The number of carboxylic acids is 1. The number of carboxylic acid groups (broad SMARTS) is 1. The Balaban J connectivity index is 2.12. The average molecular weight is 273 g/mol. The second kappa shape index (κ2) is 8.71. The zero-order valence-electron chi connectivity index (χ0n) is 11.4. The summed E-state index contributed by atoms with van der Waals surface area (Å²) in [6.45, 7) is 6.31. The number of piperazine rings is 1. The zero-order valence-corrected chi connectivity index (χ0v) is 11.4. The first-order valence-corrected chi connectivity index (χ1v) is 6.68. The van der Waals surface area contributed by atoms with Crippen LogP contribution < -0.4 is 5.32 Å². The van der Waals surface area contributed by atoms with Crippen LogP contribution in [0.25, 0.3) is 0 Å². The molecule has 0 bridgehead atoms. The number of aliphatic carboxylic acids is 1. The molecule has 1 saturated heterocycles. The highest BCUT2D eigenvalue weighted by Crippen LogP contribution is 2.01. The molecule has 0 saturated carbocycles. The van der Waals surface area contributed by atoms with Gasteiger partial charge in [0.2, 0.25) is 0 Å². The van der Waals surface area contributed by atoms with Gasteiger partial charge in [-0.2, -0.15) is 0 Å². The van der Waals surface area contributed by atoms with Crippen LogP contribution in [-0.2, 0) is 9.53 Å². The van der Waals surface area contributed by atoms with E-state index in [2.05, 4.69) is 5.32 Å². The second-order valence-corrected chi connectivity index (χ2v) is 4.44. The molecule has 110 valence electrons. The number of nitrogens with one attached hydrogen (secondary N) is 1. The maximum atomic E-state index is 11.8. The predicted octanol–water partition coefficient (Wildman–Crippen LogP) is -0.175. The first-order valence-electron chi connectivity index (χ1n) is 6.68. The molecule has 1 aliphatic heterocycles. The molecule has 1 heterocycles. The van der Waals surface area contributed by atoms with Crippen LogP contribution in [0.5, 0.6) is 0 Å². The number of hydrogen-bond acceptors (Lipinski definition) is 4. The fraction of sp³-hybridized carbons (Fsp3) is 0.833. The van der Waals surface area contributed by atoms with Crippen LogP contribution >= 0.6 is 0 Å². The lowest BCUT2D eigenvalue weighted by molar-refractivity contribution is -0.138. The largest absolute Gasteiger partial charge is 0.480 e. The minimum absolute atomic E-state index is 0.0455. The SMILES string of the molecule is CCOCCCNC(=O)N1CCN(CC(=O)O)CC1. The first kappa shape index (κ1) is 15.7. The van der Waals surface area contributed by atoms with E-state index < -0.39 is 5.97 Å². The molecule has 7 heteroatoms. The van der Waals surface area contributed by atoms with Crippen LogP contribution in [0.1, 0.15) is 13.3 Å². The number of ether oxygens (including phenoxy) is 1. The third-order valence-corrected chi connectivity index (χ3v) is 2.96. The lowest BCUT2D eigenvalue weighted by atomic mass is 10.3. The zero-order chi connectivity index (χ0) is 14.1. The number of nitrogens with zero attached hydrogens (tertiary/aromatic N) is 2. The summed E-state index contributed by atoms with van der Waals surface area (Å²) in [6.07, 6.45) is 0.804. The molecule has 0 aromatic carbocycles. The first-order chi connectivity index (χ1) is 9.13. The Hall–Kier alpha value is -1.34. The second-order valence-electron chi connectivity index (χ2n) is 4.44. The molecule has 0 atom stereocenters. The fourth-order valence-corrected chi connectivity index (χ4v) is 1.93. The van der Waals surface area contributed by atoms with Gasteiger partial charge in [0.15, 0.2) is 0 Å². The standard InChI is InChI=1S/C12H23N3O4/c1-2-19-9-3-4-13-12(18)15-7-5-14(6-8-15)10-11(16)17/h2-10H2,1H3,(H,13,18)(H,16,17). The summed E-state index contributed by atoms with van der Waals surface area (Å²) >= 11 is 0. The number of carbonyl (C=O) groups excluding carboxylic acids is 1. The van der Waals surface area contributed by atoms with Gasteiger partial charge in [-0.15, -0.1) is 0 Å². The molecular weight excluding hydrogens is 250 g/mol. The highest BCUT2D eigenvalue weighted by molar-refractivity contribution is 5.74. The van der Waals surface area contributed by atoms with Gasteiger partial charge in [-0.05, 0) is 13.3 Å². The molecule has 19 heavy (non-hydrogen) atoms. The summed E-state index contributed by atoms with van der Waals surface area (Å²) in [5.74, 6) is -0.825. The molecule has 2 amide bonds. The van der Waals surface area contributed by atoms with Crippen molar-refractivity contribution in [3.05, 3.63) is 0 Å². The van der Waals surface area contributed by atoms with Crippen LogP contribution in [0.3, 0.4) is 0 Å². The molecule has 1 fully saturated rings. The number of rotatable bonds is 7. The number of amides is 2. The normalized spacial score (nSPS) is 16.4. The molecule has 7 nitrogen and oxygen atoms in total. The van der Waals surface area contributed by atoms with Crippen LogP contribution in [0, 0.1) is 0 Å². The van der Waals surface area contributed by atoms with Gasteiger partial charge in [-0.25, -0.2) is 4.79 Å². The monoisotopic (exact) mass is 273 g/mol. The van der Waals surface area contributed by atoms with Crippen LogP contribution in [-0.4, -0.2) is 79.4 Å². The van der Waals surface area contributed by atoms with Crippen molar-refractivity contribution < 1.29 is 19.4 Å². The molecule has 0 aliphatic carbocycles. The van der Waals surface area contributed by atoms with E-state index in [1.54, 1.807) is 4.90 Å². The smallest absolute Gasteiger partial charge is 0.317 e. The van der Waals surface area contributed by atoms with Crippen molar-refractivity contribution >= 4 is 12.0 Å². The maximum absolute atomic E-state index is 11.8. The molecule has 1 rings (SSSR count). The maximum Gasteiger partial charge on any atom is 0.317 e. The third kappa shape index (κ3) is 6.40.